The number of nitrogens with zero attached hydrogens (tertiary/aromatic N) is 2. The molecular weight excluding hydrogens is 405 g/mol. The van der Waals surface area contributed by atoms with Crippen LogP contribution in [0.5, 0.6) is 0 Å². The molecule has 0 saturated heterocycles. The molecule has 4 bridgehead atoms. The third-order valence-corrected chi connectivity index (χ3v) is 7.76. The number of carbonyl (C=O) groups excluding carboxylic acids is 2. The topological polar surface area (TPSA) is 52.7 Å². The van der Waals surface area contributed by atoms with Crippen molar-refractivity contribution in [2.24, 2.45) is 17.8 Å². The Hall–Kier alpha value is -1.95. The van der Waals surface area contributed by atoms with Crippen LogP contribution in [0.2, 0.25) is 0 Å². The van der Waals surface area contributed by atoms with Gasteiger partial charge < -0.3 is 10.2 Å². The first-order valence-electron chi connectivity index (χ1n) is 12.3. The van der Waals surface area contributed by atoms with Gasteiger partial charge in [0.1, 0.15) is 5.82 Å². The molecule has 1 N–H and O–H groups in total. The Bertz CT molecular complexity index is 788. The number of nitrogens with one attached hydrogen (secondary N) is 1. The minimum atomic E-state index is -0.255. The van der Waals surface area contributed by atoms with Crippen molar-refractivity contribution in [3.8, 4) is 0 Å². The summed E-state index contributed by atoms with van der Waals surface area (Å²) in [5, 5.41) is 2.92. The van der Waals surface area contributed by atoms with E-state index in [1.54, 1.807) is 12.1 Å². The number of carbonyl (C=O) groups is 2. The van der Waals surface area contributed by atoms with Crippen molar-refractivity contribution in [1.29, 1.82) is 0 Å². The molecule has 0 heterocycles. The van der Waals surface area contributed by atoms with Crippen LogP contribution >= 0.6 is 0 Å². The highest BCUT2D eigenvalue weighted by molar-refractivity contribution is 5.82. The number of rotatable bonds is 9. The van der Waals surface area contributed by atoms with Crippen molar-refractivity contribution in [2.45, 2.75) is 77.4 Å². The van der Waals surface area contributed by atoms with Gasteiger partial charge in [-0.3, -0.25) is 14.5 Å². The van der Waals surface area contributed by atoms with E-state index in [0.29, 0.717) is 13.1 Å². The van der Waals surface area contributed by atoms with Crippen molar-refractivity contribution in [1.82, 2.24) is 15.1 Å². The highest BCUT2D eigenvalue weighted by Gasteiger charge is 2.54. The maximum absolute atomic E-state index is 13.8. The van der Waals surface area contributed by atoms with Crippen LogP contribution in [0.15, 0.2) is 24.3 Å². The van der Waals surface area contributed by atoms with Gasteiger partial charge in [-0.2, -0.15) is 0 Å². The van der Waals surface area contributed by atoms with Gasteiger partial charge in [-0.25, -0.2) is 4.39 Å². The van der Waals surface area contributed by atoms with E-state index in [-0.39, 0.29) is 42.3 Å². The van der Waals surface area contributed by atoms with Gasteiger partial charge >= 0.3 is 0 Å². The Morgan fingerprint density at radius 2 is 1.59 bits per heavy atom. The van der Waals surface area contributed by atoms with E-state index in [9.17, 15) is 14.0 Å². The first-order valence-corrected chi connectivity index (χ1v) is 12.3. The van der Waals surface area contributed by atoms with E-state index >= 15 is 0 Å². The fourth-order valence-corrected chi connectivity index (χ4v) is 6.82. The van der Waals surface area contributed by atoms with Gasteiger partial charge in [0.15, 0.2) is 0 Å². The first-order chi connectivity index (χ1) is 15.3. The summed E-state index contributed by atoms with van der Waals surface area (Å²) in [4.78, 5) is 30.1. The molecule has 4 saturated carbocycles. The van der Waals surface area contributed by atoms with Crippen molar-refractivity contribution in [2.75, 3.05) is 19.6 Å². The number of hydrogen-bond donors (Lipinski definition) is 1. The second kappa shape index (κ2) is 9.50. The Balaban J connectivity index is 1.54. The molecule has 0 aromatic heterocycles. The van der Waals surface area contributed by atoms with Crippen LogP contribution in [0.4, 0.5) is 4.39 Å². The molecule has 5 nitrogen and oxygen atoms in total. The summed E-state index contributed by atoms with van der Waals surface area (Å²) in [6.45, 7) is 7.50. The largest absolute Gasteiger partial charge is 0.353 e. The molecule has 0 radical (unpaired) electrons. The number of benzene rings is 1. The molecule has 6 heteroatoms. The van der Waals surface area contributed by atoms with Crippen molar-refractivity contribution in [3.63, 3.8) is 0 Å². The summed E-state index contributed by atoms with van der Waals surface area (Å²) in [7, 11) is 0. The molecule has 5 rings (SSSR count). The second-order valence-electron chi connectivity index (χ2n) is 10.8. The summed E-state index contributed by atoms with van der Waals surface area (Å²) in [6, 6.07) is 6.63. The molecular formula is C26H38FN3O2. The molecule has 0 spiro atoms. The number of halogens is 1. The zero-order chi connectivity index (χ0) is 22.9. The fraction of sp³-hybridized carbons (Fsp3) is 0.692. The SMILES string of the molecule is CCN(CC(=O)NC(C)C)CC(=O)N(Cc1ccc(F)cc1)C12CC3CC(CC(C3)C1)C2. The van der Waals surface area contributed by atoms with Crippen LogP contribution in [-0.4, -0.2) is 52.8 Å². The van der Waals surface area contributed by atoms with Crippen LogP contribution in [-0.2, 0) is 16.1 Å². The Morgan fingerprint density at radius 3 is 2.09 bits per heavy atom. The van der Waals surface area contributed by atoms with Crippen molar-refractivity contribution in [3.05, 3.63) is 35.6 Å². The lowest BCUT2D eigenvalue weighted by Crippen LogP contribution is -2.62. The average molecular weight is 444 g/mol. The molecule has 0 atom stereocenters. The molecule has 0 unspecified atom stereocenters. The number of likely N-dealkylation sites (N-methyl/N-ethyl adjacent to an activating group) is 1. The number of hydrogen-bond acceptors (Lipinski definition) is 3. The predicted octanol–water partition coefficient (Wildman–Crippen LogP) is 3.97. The third kappa shape index (κ3) is 5.16. The lowest BCUT2D eigenvalue weighted by molar-refractivity contribution is -0.153. The molecule has 2 amide bonds. The van der Waals surface area contributed by atoms with E-state index in [1.807, 2.05) is 25.7 Å². The van der Waals surface area contributed by atoms with Gasteiger partial charge in [0.25, 0.3) is 0 Å². The molecule has 4 aliphatic carbocycles. The van der Waals surface area contributed by atoms with Gasteiger partial charge in [0.2, 0.25) is 11.8 Å². The predicted molar refractivity (Wildman–Crippen MR) is 123 cm³/mol. The Morgan fingerprint density at radius 1 is 1.03 bits per heavy atom. The maximum atomic E-state index is 13.8. The van der Waals surface area contributed by atoms with Gasteiger partial charge in [0.05, 0.1) is 13.1 Å². The maximum Gasteiger partial charge on any atom is 0.237 e. The molecule has 4 fully saturated rings. The van der Waals surface area contributed by atoms with E-state index < -0.39 is 0 Å². The smallest absolute Gasteiger partial charge is 0.237 e. The molecule has 4 aliphatic rings. The van der Waals surface area contributed by atoms with E-state index in [0.717, 1.165) is 42.6 Å². The zero-order valence-electron chi connectivity index (χ0n) is 19.8. The summed E-state index contributed by atoms with van der Waals surface area (Å²) in [5.41, 5.74) is 0.885. The summed E-state index contributed by atoms with van der Waals surface area (Å²) >= 11 is 0. The molecule has 1 aromatic rings. The van der Waals surface area contributed by atoms with Crippen LogP contribution in [0, 0.1) is 23.6 Å². The third-order valence-electron chi connectivity index (χ3n) is 7.76. The molecule has 32 heavy (non-hydrogen) atoms. The minimum Gasteiger partial charge on any atom is -0.353 e. The monoisotopic (exact) mass is 443 g/mol. The fourth-order valence-electron chi connectivity index (χ4n) is 6.82. The highest BCUT2D eigenvalue weighted by atomic mass is 19.1. The van der Waals surface area contributed by atoms with Crippen LogP contribution in [0.25, 0.3) is 0 Å². The normalized spacial score (nSPS) is 28.4. The average Bonchev–Trinajstić information content (AvgIpc) is 2.71. The van der Waals surface area contributed by atoms with E-state index in [2.05, 4.69) is 10.2 Å². The van der Waals surface area contributed by atoms with E-state index in [4.69, 9.17) is 0 Å². The quantitative estimate of drug-likeness (QED) is 0.628. The van der Waals surface area contributed by atoms with Crippen LogP contribution in [0.1, 0.15) is 64.9 Å². The van der Waals surface area contributed by atoms with Gasteiger partial charge in [-0.15, -0.1) is 0 Å². The summed E-state index contributed by atoms with van der Waals surface area (Å²) < 4.78 is 13.5. The highest BCUT2D eigenvalue weighted by Crippen LogP contribution is 2.58. The standard InChI is InChI=1S/C26H38FN3O2/c1-4-29(16-24(31)28-18(2)3)17-25(32)30(15-19-5-7-23(27)8-6-19)26-12-20-9-21(13-26)11-22(10-20)14-26/h5-8,18,20-22H,4,9-17H2,1-3H3,(H,28,31). The van der Waals surface area contributed by atoms with Crippen molar-refractivity contribution < 1.29 is 14.0 Å². The lowest BCUT2D eigenvalue weighted by Gasteiger charge is -2.60. The molecule has 1 aromatic carbocycles. The summed E-state index contributed by atoms with van der Waals surface area (Å²) in [5.74, 6) is 1.97. The van der Waals surface area contributed by atoms with Crippen LogP contribution in [0.3, 0.4) is 0 Å². The second-order valence-corrected chi connectivity index (χ2v) is 10.8. The molecule has 176 valence electrons. The molecule has 0 aliphatic heterocycles. The number of amides is 2. The van der Waals surface area contributed by atoms with Crippen LogP contribution < -0.4 is 5.32 Å². The minimum absolute atomic E-state index is 0.0467. The van der Waals surface area contributed by atoms with Gasteiger partial charge in [-0.1, -0.05) is 19.1 Å². The van der Waals surface area contributed by atoms with Gasteiger partial charge in [-0.05, 0) is 94.4 Å². The lowest BCUT2D eigenvalue weighted by atomic mass is 9.52. The summed E-state index contributed by atoms with van der Waals surface area (Å²) in [6.07, 6.45) is 7.21. The first kappa shape index (κ1) is 23.2. The van der Waals surface area contributed by atoms with Crippen molar-refractivity contribution >= 4 is 11.8 Å². The van der Waals surface area contributed by atoms with Gasteiger partial charge in [0, 0.05) is 18.1 Å². The zero-order valence-corrected chi connectivity index (χ0v) is 19.8. The van der Waals surface area contributed by atoms with E-state index in [1.165, 1.54) is 31.4 Å². The Labute approximate surface area is 191 Å². The Kier molecular flexibility index (Phi) is 6.89.